The lowest BCUT2D eigenvalue weighted by molar-refractivity contribution is 0.430. The molecule has 1 heterocycles. The summed E-state index contributed by atoms with van der Waals surface area (Å²) in [6.45, 7) is 5.58. The van der Waals surface area contributed by atoms with Crippen LogP contribution in [0.25, 0.3) is 0 Å². The van der Waals surface area contributed by atoms with E-state index in [1.807, 2.05) is 18.4 Å². The van der Waals surface area contributed by atoms with Gasteiger partial charge in [-0.15, -0.1) is 11.3 Å². The molecule has 1 N–H and O–H groups in total. The van der Waals surface area contributed by atoms with Gasteiger partial charge in [-0.25, -0.2) is 8.78 Å². The maximum atomic E-state index is 14.1. The third kappa shape index (κ3) is 3.89. The maximum Gasteiger partial charge on any atom is 0.128 e. The molecule has 0 aliphatic carbocycles. The Balaban J connectivity index is 2.19. The summed E-state index contributed by atoms with van der Waals surface area (Å²) in [5, 5.41) is 5.47. The van der Waals surface area contributed by atoms with Crippen LogP contribution in [-0.4, -0.2) is 0 Å². The van der Waals surface area contributed by atoms with Crippen molar-refractivity contribution in [3.8, 4) is 0 Å². The summed E-state index contributed by atoms with van der Waals surface area (Å²) in [5.41, 5.74) is 0.725. The van der Waals surface area contributed by atoms with Crippen molar-refractivity contribution in [2.45, 2.75) is 45.7 Å². The van der Waals surface area contributed by atoms with Gasteiger partial charge in [-0.3, -0.25) is 0 Å². The highest BCUT2D eigenvalue weighted by molar-refractivity contribution is 7.10. The number of aryl methyl sites for hydroxylation is 1. The summed E-state index contributed by atoms with van der Waals surface area (Å²) < 4.78 is 27.7. The minimum atomic E-state index is -0.358. The number of thiophene rings is 1. The summed E-state index contributed by atoms with van der Waals surface area (Å²) in [6.07, 6.45) is 2.01. The second-order valence-corrected chi connectivity index (χ2v) is 6.35. The van der Waals surface area contributed by atoms with Gasteiger partial charge in [0.15, 0.2) is 0 Å². The van der Waals surface area contributed by atoms with Crippen molar-refractivity contribution < 1.29 is 8.78 Å². The Morgan fingerprint density at radius 2 is 2.00 bits per heavy atom. The topological polar surface area (TPSA) is 12.0 Å². The van der Waals surface area contributed by atoms with E-state index in [0.717, 1.165) is 12.8 Å². The highest BCUT2D eigenvalue weighted by Crippen LogP contribution is 2.28. The summed E-state index contributed by atoms with van der Waals surface area (Å²) in [5.74, 6) is -0.710. The second-order valence-electron chi connectivity index (χ2n) is 5.37. The Kier molecular flexibility index (Phi) is 5.48. The Bertz CT molecular complexity index is 581. The summed E-state index contributed by atoms with van der Waals surface area (Å²) in [7, 11) is 0. The number of hydrogen-bond donors (Lipinski definition) is 1. The molecule has 0 saturated carbocycles. The molecule has 2 unspecified atom stereocenters. The lowest BCUT2D eigenvalue weighted by atomic mass is 10.0. The van der Waals surface area contributed by atoms with Crippen LogP contribution in [0.5, 0.6) is 0 Å². The predicted molar refractivity (Wildman–Crippen MR) is 84.6 cm³/mol. The zero-order chi connectivity index (χ0) is 15.4. The largest absolute Gasteiger partial charge is 0.302 e. The van der Waals surface area contributed by atoms with E-state index in [-0.39, 0.29) is 23.7 Å². The molecule has 2 atom stereocenters. The maximum absolute atomic E-state index is 14.1. The molecule has 2 aromatic rings. The smallest absolute Gasteiger partial charge is 0.128 e. The van der Waals surface area contributed by atoms with Crippen LogP contribution >= 0.6 is 11.3 Å². The molecular weight excluding hydrogens is 288 g/mol. The Hall–Kier alpha value is -1.26. The fourth-order valence-electron chi connectivity index (χ4n) is 2.47. The fourth-order valence-corrected chi connectivity index (χ4v) is 3.29. The first kappa shape index (κ1) is 16.1. The highest BCUT2D eigenvalue weighted by atomic mass is 32.1. The number of nitrogens with one attached hydrogen (secondary N) is 1. The van der Waals surface area contributed by atoms with E-state index in [1.54, 1.807) is 18.3 Å². The molecule has 0 spiro atoms. The van der Waals surface area contributed by atoms with Gasteiger partial charge in [0.05, 0.1) is 0 Å². The Morgan fingerprint density at radius 3 is 2.62 bits per heavy atom. The minimum Gasteiger partial charge on any atom is -0.302 e. The van der Waals surface area contributed by atoms with E-state index in [2.05, 4.69) is 18.3 Å². The van der Waals surface area contributed by atoms with Crippen LogP contribution in [0.2, 0.25) is 0 Å². The lowest BCUT2D eigenvalue weighted by Crippen LogP contribution is -2.25. The lowest BCUT2D eigenvalue weighted by Gasteiger charge is -2.23. The van der Waals surface area contributed by atoms with E-state index in [0.29, 0.717) is 11.1 Å². The normalized spacial score (nSPS) is 14.1. The van der Waals surface area contributed by atoms with Gasteiger partial charge in [0, 0.05) is 22.5 Å². The average molecular weight is 309 g/mol. The molecule has 0 amide bonds. The Morgan fingerprint density at radius 1 is 1.24 bits per heavy atom. The van der Waals surface area contributed by atoms with Crippen molar-refractivity contribution in [3.63, 3.8) is 0 Å². The van der Waals surface area contributed by atoms with Crippen molar-refractivity contribution in [2.75, 3.05) is 0 Å². The molecule has 0 aliphatic heterocycles. The SMILES string of the molecule is CCCC(NC(C)c1cc(F)c(C)cc1F)c1cccs1. The van der Waals surface area contributed by atoms with Gasteiger partial charge in [0.2, 0.25) is 0 Å². The third-order valence-corrected chi connectivity index (χ3v) is 4.65. The molecule has 2 rings (SSSR count). The van der Waals surface area contributed by atoms with Crippen molar-refractivity contribution in [3.05, 3.63) is 57.3 Å². The molecule has 0 bridgehead atoms. The van der Waals surface area contributed by atoms with Crippen molar-refractivity contribution in [2.24, 2.45) is 0 Å². The van der Waals surface area contributed by atoms with Crippen molar-refractivity contribution in [1.29, 1.82) is 0 Å². The number of rotatable bonds is 6. The van der Waals surface area contributed by atoms with Gasteiger partial charge < -0.3 is 5.32 Å². The summed E-state index contributed by atoms with van der Waals surface area (Å²) in [6, 6.07) is 6.60. The quantitative estimate of drug-likeness (QED) is 0.740. The molecular formula is C17H21F2NS. The first-order valence-corrected chi connectivity index (χ1v) is 8.15. The van der Waals surface area contributed by atoms with Crippen molar-refractivity contribution in [1.82, 2.24) is 5.32 Å². The van der Waals surface area contributed by atoms with Gasteiger partial charge in [-0.2, -0.15) is 0 Å². The minimum absolute atomic E-state index is 0.175. The van der Waals surface area contributed by atoms with Crippen LogP contribution in [0.15, 0.2) is 29.6 Å². The summed E-state index contributed by atoms with van der Waals surface area (Å²) in [4.78, 5) is 1.23. The van der Waals surface area contributed by atoms with E-state index >= 15 is 0 Å². The highest BCUT2D eigenvalue weighted by Gasteiger charge is 2.19. The molecule has 0 radical (unpaired) electrons. The Labute approximate surface area is 129 Å². The fraction of sp³-hybridized carbons (Fsp3) is 0.412. The second kappa shape index (κ2) is 7.14. The molecule has 0 fully saturated rings. The van der Waals surface area contributed by atoms with E-state index < -0.39 is 0 Å². The molecule has 4 heteroatoms. The molecule has 21 heavy (non-hydrogen) atoms. The number of benzene rings is 1. The molecule has 1 aromatic heterocycles. The van der Waals surface area contributed by atoms with E-state index in [4.69, 9.17) is 0 Å². The molecule has 0 aliphatic rings. The third-order valence-electron chi connectivity index (χ3n) is 3.66. The van der Waals surface area contributed by atoms with Gasteiger partial charge in [0.25, 0.3) is 0 Å². The number of halogens is 2. The number of hydrogen-bond acceptors (Lipinski definition) is 2. The molecule has 1 nitrogen and oxygen atoms in total. The van der Waals surface area contributed by atoms with Crippen molar-refractivity contribution >= 4 is 11.3 Å². The van der Waals surface area contributed by atoms with Crippen LogP contribution in [-0.2, 0) is 0 Å². The van der Waals surface area contributed by atoms with Crippen LogP contribution in [0.3, 0.4) is 0 Å². The van der Waals surface area contributed by atoms with Crippen LogP contribution < -0.4 is 5.32 Å². The van der Waals surface area contributed by atoms with Crippen LogP contribution in [0.1, 0.15) is 54.8 Å². The standard InChI is InChI=1S/C17H21F2NS/c1-4-6-16(17-7-5-8-21-17)20-12(3)13-10-14(18)11(2)9-15(13)19/h5,7-10,12,16,20H,4,6H2,1-3H3. The predicted octanol–water partition coefficient (Wildman–Crippen LogP) is 5.53. The molecule has 0 saturated heterocycles. The van der Waals surface area contributed by atoms with Gasteiger partial charge in [-0.1, -0.05) is 19.4 Å². The summed E-state index contributed by atoms with van der Waals surface area (Å²) >= 11 is 1.69. The average Bonchev–Trinajstić information content (AvgIpc) is 2.96. The first-order chi connectivity index (χ1) is 10.0. The molecule has 114 valence electrons. The molecule has 1 aromatic carbocycles. The van der Waals surface area contributed by atoms with Gasteiger partial charge >= 0.3 is 0 Å². The zero-order valence-corrected chi connectivity index (χ0v) is 13.4. The monoisotopic (exact) mass is 309 g/mol. The van der Waals surface area contributed by atoms with E-state index in [9.17, 15) is 8.78 Å². The van der Waals surface area contributed by atoms with Gasteiger partial charge in [-0.05, 0) is 49.4 Å². The first-order valence-electron chi connectivity index (χ1n) is 7.28. The van der Waals surface area contributed by atoms with Crippen LogP contribution in [0.4, 0.5) is 8.78 Å². The zero-order valence-electron chi connectivity index (χ0n) is 12.6. The van der Waals surface area contributed by atoms with E-state index in [1.165, 1.54) is 17.0 Å². The van der Waals surface area contributed by atoms with Crippen LogP contribution in [0, 0.1) is 18.6 Å². The van der Waals surface area contributed by atoms with Gasteiger partial charge in [0.1, 0.15) is 11.6 Å².